The number of nitrogens with zero attached hydrogens (tertiary/aromatic N) is 1. The van der Waals surface area contributed by atoms with Crippen LogP contribution in [0.15, 0.2) is 41.3 Å². The van der Waals surface area contributed by atoms with E-state index in [1.165, 1.54) is 42.3 Å². The number of ether oxygens (including phenoxy) is 1. The lowest BCUT2D eigenvalue weighted by Gasteiger charge is -2.34. The van der Waals surface area contributed by atoms with E-state index in [0.29, 0.717) is 11.3 Å². The number of carbonyl (C=O) groups is 2. The summed E-state index contributed by atoms with van der Waals surface area (Å²) in [5.74, 6) is 3.83. The number of aromatic nitrogens is 1. The standard InChI is InChI=1S/C18H17F2N3O5/c1-18(27-2,17(19)20)14(16(25)23-26)22-15(24)12-6-3-11(4-7-12)5-8-13-9-21-10-28-13/h3-4,6-7,9-10,14,17,26H,1-2H3,(H,22,24)(H,23,25)/t14-,18?/m1/s1. The van der Waals surface area contributed by atoms with Gasteiger partial charge in [0.2, 0.25) is 0 Å². The fourth-order valence-corrected chi connectivity index (χ4v) is 2.20. The van der Waals surface area contributed by atoms with E-state index in [1.807, 2.05) is 0 Å². The number of hydroxylamine groups is 1. The van der Waals surface area contributed by atoms with Crippen molar-refractivity contribution in [3.05, 3.63) is 53.7 Å². The fraction of sp³-hybridized carbons (Fsp3) is 0.278. The number of rotatable bonds is 6. The van der Waals surface area contributed by atoms with Gasteiger partial charge in [-0.1, -0.05) is 5.92 Å². The Labute approximate surface area is 158 Å². The number of methoxy groups -OCH3 is 1. The molecule has 0 saturated heterocycles. The summed E-state index contributed by atoms with van der Waals surface area (Å²) in [6.07, 6.45) is -0.436. The predicted molar refractivity (Wildman–Crippen MR) is 91.5 cm³/mol. The summed E-state index contributed by atoms with van der Waals surface area (Å²) in [6.45, 7) is 0.944. The number of alkyl halides is 2. The largest absolute Gasteiger partial charge is 0.435 e. The molecule has 1 heterocycles. The molecule has 8 nitrogen and oxygen atoms in total. The minimum atomic E-state index is -3.12. The highest BCUT2D eigenvalue weighted by molar-refractivity contribution is 5.97. The van der Waals surface area contributed by atoms with E-state index in [1.54, 1.807) is 0 Å². The average Bonchev–Trinajstić information content (AvgIpc) is 3.23. The zero-order valence-electron chi connectivity index (χ0n) is 14.9. The highest BCUT2D eigenvalue weighted by Gasteiger charge is 2.48. The van der Waals surface area contributed by atoms with Crippen molar-refractivity contribution in [1.29, 1.82) is 0 Å². The molecule has 1 unspecified atom stereocenters. The van der Waals surface area contributed by atoms with Crippen LogP contribution in [0.2, 0.25) is 0 Å². The van der Waals surface area contributed by atoms with E-state index in [2.05, 4.69) is 22.1 Å². The molecule has 3 N–H and O–H groups in total. The lowest BCUT2D eigenvalue weighted by atomic mass is 9.95. The van der Waals surface area contributed by atoms with Crippen molar-refractivity contribution < 1.29 is 32.7 Å². The summed E-state index contributed by atoms with van der Waals surface area (Å²) < 4.78 is 36.5. The predicted octanol–water partition coefficient (Wildman–Crippen LogP) is 1.35. The molecule has 1 aromatic carbocycles. The molecule has 2 atom stereocenters. The quantitative estimate of drug-likeness (QED) is 0.388. The molecule has 2 rings (SSSR count). The summed E-state index contributed by atoms with van der Waals surface area (Å²) >= 11 is 0. The number of oxazole rings is 1. The molecule has 2 amide bonds. The SMILES string of the molecule is COC(C)(C(F)F)[C@H](NC(=O)c1ccc(C#Cc2cnco2)cc1)C(=O)NO. The van der Waals surface area contributed by atoms with Crippen LogP contribution in [0, 0.1) is 11.8 Å². The van der Waals surface area contributed by atoms with Gasteiger partial charge in [0, 0.05) is 18.2 Å². The minimum absolute atomic E-state index is 0.0914. The molecule has 10 heteroatoms. The first-order chi connectivity index (χ1) is 13.3. The van der Waals surface area contributed by atoms with Crippen LogP contribution in [0.25, 0.3) is 0 Å². The number of nitrogens with one attached hydrogen (secondary N) is 2. The number of hydrogen-bond donors (Lipinski definition) is 3. The monoisotopic (exact) mass is 393 g/mol. The second-order valence-electron chi connectivity index (χ2n) is 5.76. The third kappa shape index (κ3) is 4.70. The maximum atomic E-state index is 13.4. The number of carbonyl (C=O) groups excluding carboxylic acids is 2. The van der Waals surface area contributed by atoms with E-state index in [-0.39, 0.29) is 5.56 Å². The molecule has 0 aliphatic carbocycles. The molecule has 0 bridgehead atoms. The molecule has 148 valence electrons. The molecule has 0 aliphatic heterocycles. The minimum Gasteiger partial charge on any atom is -0.435 e. The number of hydrogen-bond acceptors (Lipinski definition) is 6. The van der Waals surface area contributed by atoms with Crippen molar-refractivity contribution in [2.75, 3.05) is 7.11 Å². The average molecular weight is 393 g/mol. The van der Waals surface area contributed by atoms with Gasteiger partial charge in [0.15, 0.2) is 17.8 Å². The summed E-state index contributed by atoms with van der Waals surface area (Å²) in [5, 5.41) is 11.0. The Balaban J connectivity index is 2.18. The Kier molecular flexibility index (Phi) is 6.81. The van der Waals surface area contributed by atoms with Crippen LogP contribution >= 0.6 is 0 Å². The van der Waals surface area contributed by atoms with Gasteiger partial charge in [-0.15, -0.1) is 0 Å². The summed E-state index contributed by atoms with van der Waals surface area (Å²) in [4.78, 5) is 27.9. The molecule has 0 aliphatic rings. The van der Waals surface area contributed by atoms with Crippen molar-refractivity contribution in [2.45, 2.75) is 25.0 Å². The number of amides is 2. The van der Waals surface area contributed by atoms with Crippen molar-refractivity contribution in [3.8, 4) is 11.8 Å². The van der Waals surface area contributed by atoms with Crippen LogP contribution in [0.4, 0.5) is 8.78 Å². The Bertz CT molecular complexity index is 875. The Morgan fingerprint density at radius 3 is 2.46 bits per heavy atom. The van der Waals surface area contributed by atoms with Crippen LogP contribution in [-0.4, -0.2) is 47.2 Å². The second-order valence-corrected chi connectivity index (χ2v) is 5.76. The molecular formula is C18H17F2N3O5. The van der Waals surface area contributed by atoms with Gasteiger partial charge in [-0.2, -0.15) is 0 Å². The zero-order valence-corrected chi connectivity index (χ0v) is 14.9. The number of benzene rings is 1. The van der Waals surface area contributed by atoms with Gasteiger partial charge >= 0.3 is 0 Å². The van der Waals surface area contributed by atoms with Crippen molar-refractivity contribution >= 4 is 11.8 Å². The van der Waals surface area contributed by atoms with Crippen LogP contribution in [0.3, 0.4) is 0 Å². The van der Waals surface area contributed by atoms with Gasteiger partial charge in [-0.3, -0.25) is 14.8 Å². The van der Waals surface area contributed by atoms with Gasteiger partial charge in [-0.25, -0.2) is 19.2 Å². The van der Waals surface area contributed by atoms with E-state index >= 15 is 0 Å². The van der Waals surface area contributed by atoms with Crippen molar-refractivity contribution in [1.82, 2.24) is 15.8 Å². The van der Waals surface area contributed by atoms with Crippen molar-refractivity contribution in [2.24, 2.45) is 0 Å². The second kappa shape index (κ2) is 9.07. The van der Waals surface area contributed by atoms with Gasteiger partial charge in [0.25, 0.3) is 18.2 Å². The van der Waals surface area contributed by atoms with Gasteiger partial charge in [0.1, 0.15) is 6.04 Å². The fourth-order valence-electron chi connectivity index (χ4n) is 2.20. The van der Waals surface area contributed by atoms with Gasteiger partial charge in [-0.05, 0) is 37.1 Å². The zero-order chi connectivity index (χ0) is 20.7. The van der Waals surface area contributed by atoms with Crippen LogP contribution in [0.5, 0.6) is 0 Å². The van der Waals surface area contributed by atoms with E-state index in [4.69, 9.17) is 14.4 Å². The summed E-state index contributed by atoms with van der Waals surface area (Å²) in [5.41, 5.74) is -0.446. The van der Waals surface area contributed by atoms with Crippen LogP contribution in [-0.2, 0) is 9.53 Å². The molecule has 2 aromatic rings. The number of halogens is 2. The molecular weight excluding hydrogens is 376 g/mol. The third-order valence-electron chi connectivity index (χ3n) is 4.00. The van der Waals surface area contributed by atoms with Crippen LogP contribution < -0.4 is 10.8 Å². The first-order valence-electron chi connectivity index (χ1n) is 7.90. The Hall–Kier alpha value is -3.29. The van der Waals surface area contributed by atoms with E-state index < -0.39 is 29.9 Å². The molecule has 0 fully saturated rings. The molecule has 0 saturated carbocycles. The summed E-state index contributed by atoms with van der Waals surface area (Å²) in [6, 6.07) is 4.02. The normalized spacial score (nSPS) is 13.8. The topological polar surface area (TPSA) is 114 Å². The smallest absolute Gasteiger partial charge is 0.269 e. The lowest BCUT2D eigenvalue weighted by Crippen LogP contribution is -2.62. The van der Waals surface area contributed by atoms with Crippen molar-refractivity contribution in [3.63, 3.8) is 0 Å². The molecule has 0 radical (unpaired) electrons. The van der Waals surface area contributed by atoms with Gasteiger partial charge < -0.3 is 14.5 Å². The first kappa shape index (κ1) is 21.0. The van der Waals surface area contributed by atoms with E-state index in [9.17, 15) is 18.4 Å². The first-order valence-corrected chi connectivity index (χ1v) is 7.90. The third-order valence-corrected chi connectivity index (χ3v) is 4.00. The highest BCUT2D eigenvalue weighted by Crippen LogP contribution is 2.24. The van der Waals surface area contributed by atoms with E-state index in [0.717, 1.165) is 14.0 Å². The van der Waals surface area contributed by atoms with Crippen LogP contribution in [0.1, 0.15) is 28.6 Å². The summed E-state index contributed by atoms with van der Waals surface area (Å²) in [7, 11) is 0.970. The van der Waals surface area contributed by atoms with Gasteiger partial charge in [0.05, 0.1) is 6.20 Å². The lowest BCUT2D eigenvalue weighted by molar-refractivity contribution is -0.157. The molecule has 0 spiro atoms. The maximum Gasteiger partial charge on any atom is 0.269 e. The Morgan fingerprint density at radius 1 is 1.29 bits per heavy atom. The maximum absolute atomic E-state index is 13.4. The molecule has 1 aromatic heterocycles. The Morgan fingerprint density at radius 2 is 1.96 bits per heavy atom. The highest BCUT2D eigenvalue weighted by atomic mass is 19.3. The molecule has 28 heavy (non-hydrogen) atoms.